The summed E-state index contributed by atoms with van der Waals surface area (Å²) in [6.07, 6.45) is 0.728. The van der Waals surface area contributed by atoms with Crippen molar-refractivity contribution in [2.45, 2.75) is 26.4 Å². The van der Waals surface area contributed by atoms with Crippen LogP contribution in [0.25, 0.3) is 0 Å². The number of benzene rings is 2. The van der Waals surface area contributed by atoms with Crippen molar-refractivity contribution in [1.29, 1.82) is 0 Å². The Hall–Kier alpha value is -2.49. The normalized spacial score (nSPS) is 10.4. The molecular weight excluding hydrogens is 292 g/mol. The molecule has 0 unspecified atom stereocenters. The van der Waals surface area contributed by atoms with E-state index in [1.807, 2.05) is 44.2 Å². The molecule has 2 rings (SSSR count). The van der Waals surface area contributed by atoms with E-state index in [9.17, 15) is 4.79 Å². The van der Waals surface area contributed by atoms with Crippen molar-refractivity contribution in [3.05, 3.63) is 59.7 Å². The van der Waals surface area contributed by atoms with Crippen LogP contribution >= 0.6 is 0 Å². The molecule has 0 spiro atoms. The number of methoxy groups -OCH3 is 1. The summed E-state index contributed by atoms with van der Waals surface area (Å²) in [7, 11) is 1.55. The monoisotopic (exact) mass is 314 g/mol. The second kappa shape index (κ2) is 8.22. The van der Waals surface area contributed by atoms with Gasteiger partial charge in [0.05, 0.1) is 25.4 Å². The van der Waals surface area contributed by atoms with E-state index in [0.29, 0.717) is 30.1 Å². The number of carbonyl (C=O) groups excluding carboxylic acids is 1. The highest BCUT2D eigenvalue weighted by Crippen LogP contribution is 2.29. The lowest BCUT2D eigenvalue weighted by molar-refractivity contribution is 0.0509. The van der Waals surface area contributed by atoms with Crippen molar-refractivity contribution in [1.82, 2.24) is 0 Å². The van der Waals surface area contributed by atoms with Gasteiger partial charge < -0.3 is 14.2 Å². The lowest BCUT2D eigenvalue weighted by Crippen LogP contribution is -2.10. The van der Waals surface area contributed by atoms with Crippen molar-refractivity contribution in [3.63, 3.8) is 0 Å². The molecule has 0 aliphatic heterocycles. The average Bonchev–Trinajstić information content (AvgIpc) is 2.55. The first-order valence-electron chi connectivity index (χ1n) is 7.66. The van der Waals surface area contributed by atoms with Crippen LogP contribution in [0.2, 0.25) is 0 Å². The molecule has 0 atom stereocenters. The molecule has 0 radical (unpaired) electrons. The molecule has 23 heavy (non-hydrogen) atoms. The molecule has 2 aromatic rings. The van der Waals surface area contributed by atoms with Crippen LogP contribution in [0, 0.1) is 0 Å². The molecule has 0 aliphatic carbocycles. The second-order valence-electron chi connectivity index (χ2n) is 5.40. The zero-order chi connectivity index (χ0) is 16.7. The third-order valence-electron chi connectivity index (χ3n) is 3.23. The van der Waals surface area contributed by atoms with E-state index < -0.39 is 0 Å². The molecule has 0 bridgehead atoms. The maximum Gasteiger partial charge on any atom is 0.338 e. The minimum Gasteiger partial charge on any atom is -0.493 e. The van der Waals surface area contributed by atoms with E-state index in [4.69, 9.17) is 14.2 Å². The zero-order valence-corrected chi connectivity index (χ0v) is 13.7. The van der Waals surface area contributed by atoms with Gasteiger partial charge in [-0.2, -0.15) is 0 Å². The van der Waals surface area contributed by atoms with Crippen molar-refractivity contribution >= 4 is 5.97 Å². The molecule has 0 aliphatic rings. The van der Waals surface area contributed by atoms with Crippen LogP contribution in [0.15, 0.2) is 48.5 Å². The molecule has 122 valence electrons. The Morgan fingerprint density at radius 1 is 1.04 bits per heavy atom. The van der Waals surface area contributed by atoms with Crippen LogP contribution < -0.4 is 9.47 Å². The fourth-order valence-corrected chi connectivity index (χ4v) is 2.14. The highest BCUT2D eigenvalue weighted by atomic mass is 16.5. The van der Waals surface area contributed by atoms with Gasteiger partial charge in [-0.1, -0.05) is 30.3 Å². The smallest absolute Gasteiger partial charge is 0.338 e. The van der Waals surface area contributed by atoms with E-state index in [1.54, 1.807) is 25.3 Å². The predicted octanol–water partition coefficient (Wildman–Crippen LogP) is 3.88. The molecule has 4 nitrogen and oxygen atoms in total. The Kier molecular flexibility index (Phi) is 6.03. The summed E-state index contributed by atoms with van der Waals surface area (Å²) in [6, 6.07) is 15.0. The molecule has 0 heterocycles. The third kappa shape index (κ3) is 5.02. The fraction of sp³-hybridized carbons (Fsp3) is 0.316. The van der Waals surface area contributed by atoms with Crippen molar-refractivity contribution in [2.24, 2.45) is 0 Å². The van der Waals surface area contributed by atoms with Gasteiger partial charge in [-0.3, -0.25) is 0 Å². The molecule has 4 heteroatoms. The Labute approximate surface area is 137 Å². The molecule has 0 aromatic heterocycles. The summed E-state index contributed by atoms with van der Waals surface area (Å²) in [5.74, 6) is 0.773. The number of hydrogen-bond donors (Lipinski definition) is 0. The van der Waals surface area contributed by atoms with Gasteiger partial charge in [0.1, 0.15) is 0 Å². The SMILES string of the molecule is COc1cc(C(=O)OCCc2ccccc2)ccc1OC(C)C. The number of ether oxygens (including phenoxy) is 3. The number of rotatable bonds is 7. The van der Waals surface area contributed by atoms with Gasteiger partial charge in [0.25, 0.3) is 0 Å². The first kappa shape index (κ1) is 16.9. The largest absolute Gasteiger partial charge is 0.493 e. The minimum absolute atomic E-state index is 0.0348. The quantitative estimate of drug-likeness (QED) is 0.728. The van der Waals surface area contributed by atoms with E-state index in [1.165, 1.54) is 0 Å². The highest BCUT2D eigenvalue weighted by molar-refractivity contribution is 5.90. The van der Waals surface area contributed by atoms with Crippen molar-refractivity contribution < 1.29 is 19.0 Å². The van der Waals surface area contributed by atoms with Crippen LogP contribution in [0.3, 0.4) is 0 Å². The van der Waals surface area contributed by atoms with Gasteiger partial charge in [0.15, 0.2) is 11.5 Å². The fourth-order valence-electron chi connectivity index (χ4n) is 2.14. The summed E-state index contributed by atoms with van der Waals surface area (Å²) < 4.78 is 16.2. The second-order valence-corrected chi connectivity index (χ2v) is 5.40. The Bertz CT molecular complexity index is 635. The number of esters is 1. The number of carbonyl (C=O) groups is 1. The average molecular weight is 314 g/mol. The van der Waals surface area contributed by atoms with Gasteiger partial charge >= 0.3 is 5.97 Å². The molecule has 0 N–H and O–H groups in total. The molecule has 2 aromatic carbocycles. The first-order valence-corrected chi connectivity index (χ1v) is 7.66. The first-order chi connectivity index (χ1) is 11.1. The summed E-state index contributed by atoms with van der Waals surface area (Å²) in [5, 5.41) is 0. The topological polar surface area (TPSA) is 44.8 Å². The standard InChI is InChI=1S/C19H22O4/c1-14(2)23-17-10-9-16(13-18(17)21-3)19(20)22-12-11-15-7-5-4-6-8-15/h4-10,13-14H,11-12H2,1-3H3. The molecule has 0 saturated carbocycles. The summed E-state index contributed by atoms with van der Waals surface area (Å²) in [6.45, 7) is 4.21. The Balaban J connectivity index is 1.96. The summed E-state index contributed by atoms with van der Waals surface area (Å²) in [4.78, 5) is 12.1. The van der Waals surface area contributed by atoms with E-state index in [-0.39, 0.29) is 12.1 Å². The lowest BCUT2D eigenvalue weighted by Gasteiger charge is -2.14. The van der Waals surface area contributed by atoms with Crippen LogP contribution in [-0.4, -0.2) is 25.8 Å². The van der Waals surface area contributed by atoms with Crippen LogP contribution in [0.5, 0.6) is 11.5 Å². The van der Waals surface area contributed by atoms with Gasteiger partial charge in [-0.05, 0) is 37.6 Å². The molecule has 0 saturated heterocycles. The summed E-state index contributed by atoms with van der Waals surface area (Å²) >= 11 is 0. The van der Waals surface area contributed by atoms with Crippen molar-refractivity contribution in [2.75, 3.05) is 13.7 Å². The maximum atomic E-state index is 12.1. The Morgan fingerprint density at radius 2 is 1.78 bits per heavy atom. The van der Waals surface area contributed by atoms with Gasteiger partial charge in [-0.25, -0.2) is 4.79 Å². The van der Waals surface area contributed by atoms with Crippen LogP contribution in [0.1, 0.15) is 29.8 Å². The molecular formula is C19H22O4. The zero-order valence-electron chi connectivity index (χ0n) is 13.7. The van der Waals surface area contributed by atoms with E-state index >= 15 is 0 Å². The van der Waals surface area contributed by atoms with Gasteiger partial charge in [-0.15, -0.1) is 0 Å². The maximum absolute atomic E-state index is 12.1. The highest BCUT2D eigenvalue weighted by Gasteiger charge is 2.13. The van der Waals surface area contributed by atoms with Gasteiger partial charge in [0, 0.05) is 6.42 Å². The predicted molar refractivity (Wildman–Crippen MR) is 89.2 cm³/mol. The minimum atomic E-state index is -0.365. The Morgan fingerprint density at radius 3 is 2.43 bits per heavy atom. The number of hydrogen-bond acceptors (Lipinski definition) is 4. The van der Waals surface area contributed by atoms with Crippen LogP contribution in [-0.2, 0) is 11.2 Å². The van der Waals surface area contributed by atoms with Gasteiger partial charge in [0.2, 0.25) is 0 Å². The van der Waals surface area contributed by atoms with E-state index in [2.05, 4.69) is 0 Å². The summed E-state index contributed by atoms with van der Waals surface area (Å²) in [5.41, 5.74) is 1.59. The van der Waals surface area contributed by atoms with Crippen LogP contribution in [0.4, 0.5) is 0 Å². The molecule has 0 fully saturated rings. The van der Waals surface area contributed by atoms with E-state index in [0.717, 1.165) is 5.56 Å². The lowest BCUT2D eigenvalue weighted by atomic mass is 10.1. The third-order valence-corrected chi connectivity index (χ3v) is 3.23. The van der Waals surface area contributed by atoms with Crippen molar-refractivity contribution in [3.8, 4) is 11.5 Å². The molecule has 0 amide bonds.